The third-order valence-electron chi connectivity index (χ3n) is 4.56. The molecule has 0 fully saturated rings. The summed E-state index contributed by atoms with van der Waals surface area (Å²) in [5.41, 5.74) is 1.48. The molecule has 0 aliphatic rings. The predicted molar refractivity (Wildman–Crippen MR) is 109 cm³/mol. The fourth-order valence-electron chi connectivity index (χ4n) is 3.32. The van der Waals surface area contributed by atoms with Crippen molar-refractivity contribution in [3.05, 3.63) is 88.5 Å². The Kier molecular flexibility index (Phi) is 4.33. The van der Waals surface area contributed by atoms with Gasteiger partial charge in [0, 0.05) is 17.2 Å². The fraction of sp³-hybridized carbons (Fsp3) is 0.0476. The normalized spacial score (nSPS) is 11.3. The Bertz CT molecular complexity index is 1410. The highest BCUT2D eigenvalue weighted by Gasteiger charge is 2.14. The Morgan fingerprint density at radius 1 is 1.03 bits per heavy atom. The first kappa shape index (κ1) is 17.6. The molecule has 5 aromatic rings. The number of fused-ring (bicyclic) bond motifs is 3. The highest BCUT2D eigenvalue weighted by molar-refractivity contribution is 7.98. The van der Waals surface area contributed by atoms with Gasteiger partial charge in [0.05, 0.1) is 5.69 Å². The average molecular weight is 404 g/mol. The minimum absolute atomic E-state index is 0.368. The predicted octanol–water partition coefficient (Wildman–Crippen LogP) is 4.35. The van der Waals surface area contributed by atoms with E-state index in [1.165, 1.54) is 34.6 Å². The molecule has 0 saturated carbocycles. The SMILES string of the molecule is O=c1cc(CSc2nnnn2-c2cccc(F)c2)c2c(ccc3ccccc32)o1. The monoisotopic (exact) mass is 404 g/mol. The zero-order chi connectivity index (χ0) is 19.8. The molecule has 0 unspecified atom stereocenters. The summed E-state index contributed by atoms with van der Waals surface area (Å²) < 4.78 is 20.4. The van der Waals surface area contributed by atoms with Gasteiger partial charge in [-0.2, -0.15) is 4.68 Å². The van der Waals surface area contributed by atoms with Crippen molar-refractivity contribution in [2.75, 3.05) is 0 Å². The quantitative estimate of drug-likeness (QED) is 0.252. The molecule has 6 nitrogen and oxygen atoms in total. The second-order valence-corrected chi connectivity index (χ2v) is 7.33. The number of hydrogen-bond acceptors (Lipinski definition) is 6. The van der Waals surface area contributed by atoms with Crippen LogP contribution in [0.25, 0.3) is 27.4 Å². The number of rotatable bonds is 4. The van der Waals surface area contributed by atoms with E-state index in [9.17, 15) is 9.18 Å². The van der Waals surface area contributed by atoms with Gasteiger partial charge >= 0.3 is 5.63 Å². The van der Waals surface area contributed by atoms with Crippen molar-refractivity contribution in [3.8, 4) is 5.69 Å². The molecule has 0 radical (unpaired) electrons. The van der Waals surface area contributed by atoms with Gasteiger partial charge in [-0.05, 0) is 51.0 Å². The molecule has 0 bridgehead atoms. The molecule has 0 aliphatic heterocycles. The first-order valence-electron chi connectivity index (χ1n) is 8.81. The van der Waals surface area contributed by atoms with Crippen LogP contribution in [0.4, 0.5) is 4.39 Å². The molecule has 2 heterocycles. The van der Waals surface area contributed by atoms with Crippen molar-refractivity contribution in [1.29, 1.82) is 0 Å². The third kappa shape index (κ3) is 3.27. The van der Waals surface area contributed by atoms with E-state index < -0.39 is 5.63 Å². The maximum absolute atomic E-state index is 13.6. The van der Waals surface area contributed by atoms with Gasteiger partial charge in [-0.1, -0.05) is 48.2 Å². The van der Waals surface area contributed by atoms with Crippen LogP contribution < -0.4 is 5.63 Å². The number of tetrazole rings is 1. The van der Waals surface area contributed by atoms with Crippen molar-refractivity contribution in [2.45, 2.75) is 10.9 Å². The number of halogens is 1. The van der Waals surface area contributed by atoms with Crippen LogP contribution in [-0.2, 0) is 5.75 Å². The van der Waals surface area contributed by atoms with Gasteiger partial charge in [0.1, 0.15) is 11.4 Å². The summed E-state index contributed by atoms with van der Waals surface area (Å²) in [7, 11) is 0. The number of nitrogens with zero attached hydrogens (tertiary/aromatic N) is 4. The molecule has 0 saturated heterocycles. The molecular weight excluding hydrogens is 391 g/mol. The van der Waals surface area contributed by atoms with E-state index in [1.54, 1.807) is 12.1 Å². The minimum atomic E-state index is -0.409. The van der Waals surface area contributed by atoms with Gasteiger partial charge in [-0.15, -0.1) is 5.10 Å². The largest absolute Gasteiger partial charge is 0.423 e. The molecule has 142 valence electrons. The van der Waals surface area contributed by atoms with Crippen LogP contribution in [0.1, 0.15) is 5.56 Å². The summed E-state index contributed by atoms with van der Waals surface area (Å²) in [5.74, 6) is 0.0818. The molecule has 0 spiro atoms. The molecule has 0 amide bonds. The van der Waals surface area contributed by atoms with Crippen LogP contribution in [0.15, 0.2) is 81.1 Å². The van der Waals surface area contributed by atoms with Crippen LogP contribution >= 0.6 is 11.8 Å². The summed E-state index contributed by atoms with van der Waals surface area (Å²) in [4.78, 5) is 12.1. The zero-order valence-electron chi connectivity index (χ0n) is 14.9. The fourth-order valence-corrected chi connectivity index (χ4v) is 4.19. The van der Waals surface area contributed by atoms with E-state index in [0.717, 1.165) is 21.7 Å². The van der Waals surface area contributed by atoms with E-state index in [2.05, 4.69) is 15.5 Å². The second kappa shape index (κ2) is 7.14. The van der Waals surface area contributed by atoms with E-state index >= 15 is 0 Å². The minimum Gasteiger partial charge on any atom is -0.423 e. The van der Waals surface area contributed by atoms with E-state index in [0.29, 0.717) is 22.2 Å². The van der Waals surface area contributed by atoms with Gasteiger partial charge in [0.15, 0.2) is 0 Å². The smallest absolute Gasteiger partial charge is 0.336 e. The Morgan fingerprint density at radius 3 is 2.83 bits per heavy atom. The standard InChI is InChI=1S/C21H13FN4O2S/c22-15-5-3-6-16(11-15)26-21(23-24-25-26)29-12-14-10-19(27)28-18-9-8-13-4-1-2-7-17(13)20(14)18/h1-11H,12H2. The van der Waals surface area contributed by atoms with Gasteiger partial charge in [-0.25, -0.2) is 9.18 Å². The van der Waals surface area contributed by atoms with Gasteiger partial charge in [-0.3, -0.25) is 0 Å². The Labute approximate surface area is 168 Å². The maximum atomic E-state index is 13.6. The molecule has 3 aromatic carbocycles. The van der Waals surface area contributed by atoms with Crippen LogP contribution in [0, 0.1) is 5.82 Å². The van der Waals surface area contributed by atoms with Crippen molar-refractivity contribution >= 4 is 33.5 Å². The molecule has 2 aromatic heterocycles. The van der Waals surface area contributed by atoms with Gasteiger partial charge in [0.2, 0.25) is 5.16 Å². The summed E-state index contributed by atoms with van der Waals surface area (Å²) in [6, 6.07) is 19.2. The lowest BCUT2D eigenvalue weighted by molar-refractivity contribution is 0.560. The highest BCUT2D eigenvalue weighted by atomic mass is 32.2. The van der Waals surface area contributed by atoms with Crippen molar-refractivity contribution in [3.63, 3.8) is 0 Å². The number of benzene rings is 3. The number of aromatic nitrogens is 4. The zero-order valence-corrected chi connectivity index (χ0v) is 15.8. The van der Waals surface area contributed by atoms with Crippen molar-refractivity contribution < 1.29 is 8.81 Å². The lowest BCUT2D eigenvalue weighted by Crippen LogP contribution is -2.02. The van der Waals surface area contributed by atoms with Gasteiger partial charge < -0.3 is 4.42 Å². The van der Waals surface area contributed by atoms with Crippen LogP contribution in [-0.4, -0.2) is 20.2 Å². The lowest BCUT2D eigenvalue weighted by Gasteiger charge is -2.09. The molecule has 29 heavy (non-hydrogen) atoms. The molecule has 8 heteroatoms. The van der Waals surface area contributed by atoms with Crippen molar-refractivity contribution in [2.24, 2.45) is 0 Å². The van der Waals surface area contributed by atoms with Crippen LogP contribution in [0.5, 0.6) is 0 Å². The Balaban J connectivity index is 1.56. The summed E-state index contributed by atoms with van der Waals surface area (Å²) in [6.07, 6.45) is 0. The van der Waals surface area contributed by atoms with Crippen LogP contribution in [0.3, 0.4) is 0 Å². The average Bonchev–Trinajstić information content (AvgIpc) is 3.20. The molecule has 0 atom stereocenters. The van der Waals surface area contributed by atoms with Crippen molar-refractivity contribution in [1.82, 2.24) is 20.2 Å². The number of hydrogen-bond donors (Lipinski definition) is 0. The Morgan fingerprint density at radius 2 is 1.93 bits per heavy atom. The summed E-state index contributed by atoms with van der Waals surface area (Å²) in [5, 5.41) is 15.2. The molecule has 5 rings (SSSR count). The summed E-state index contributed by atoms with van der Waals surface area (Å²) >= 11 is 1.36. The number of thioether (sulfide) groups is 1. The lowest BCUT2D eigenvalue weighted by atomic mass is 10.0. The Hall–Kier alpha value is -3.52. The second-order valence-electron chi connectivity index (χ2n) is 6.39. The first-order valence-corrected chi connectivity index (χ1v) is 9.79. The van der Waals surface area contributed by atoms with E-state index in [4.69, 9.17) is 4.42 Å². The third-order valence-corrected chi connectivity index (χ3v) is 5.53. The summed E-state index contributed by atoms with van der Waals surface area (Å²) in [6.45, 7) is 0. The van der Waals surface area contributed by atoms with Gasteiger partial charge in [0.25, 0.3) is 0 Å². The highest BCUT2D eigenvalue weighted by Crippen LogP contribution is 2.31. The van der Waals surface area contributed by atoms with E-state index in [1.807, 2.05) is 36.4 Å². The first-order chi connectivity index (χ1) is 14.2. The van der Waals surface area contributed by atoms with E-state index in [-0.39, 0.29) is 5.82 Å². The molecule has 0 aliphatic carbocycles. The molecule has 0 N–H and O–H groups in total. The van der Waals surface area contributed by atoms with Crippen LogP contribution in [0.2, 0.25) is 0 Å². The molecular formula is C21H13FN4O2S. The maximum Gasteiger partial charge on any atom is 0.336 e. The topological polar surface area (TPSA) is 73.8 Å².